The summed E-state index contributed by atoms with van der Waals surface area (Å²) in [5, 5.41) is 8.37. The van der Waals surface area contributed by atoms with Gasteiger partial charge in [-0.2, -0.15) is 4.31 Å². The molecule has 0 saturated carbocycles. The molecule has 1 unspecified atom stereocenters. The highest BCUT2D eigenvalue weighted by Crippen LogP contribution is 2.25. The Bertz CT molecular complexity index is 533. The van der Waals surface area contributed by atoms with Crippen molar-refractivity contribution in [1.29, 1.82) is 0 Å². The Kier molecular flexibility index (Phi) is 2.96. The van der Waals surface area contributed by atoms with Gasteiger partial charge in [0.05, 0.1) is 0 Å². The van der Waals surface area contributed by atoms with Crippen LogP contribution < -0.4 is 0 Å². The number of aromatic carboxylic acids is 1. The van der Waals surface area contributed by atoms with Crippen molar-refractivity contribution in [3.8, 4) is 0 Å². The van der Waals surface area contributed by atoms with E-state index < -0.39 is 16.0 Å². The summed E-state index contributed by atoms with van der Waals surface area (Å²) in [6, 6.07) is 2.33. The van der Waals surface area contributed by atoms with E-state index in [1.54, 1.807) is 0 Å². The summed E-state index contributed by atoms with van der Waals surface area (Å²) in [6.07, 6.45) is 0.811. The number of carboxylic acid groups (broad SMARTS) is 1. The van der Waals surface area contributed by atoms with Crippen LogP contribution in [0.15, 0.2) is 21.6 Å². The second-order valence-electron chi connectivity index (χ2n) is 4.18. The summed E-state index contributed by atoms with van der Waals surface area (Å²) in [4.78, 5) is 10.6. The zero-order chi connectivity index (χ0) is 12.6. The number of hydrogen-bond acceptors (Lipinski definition) is 4. The molecule has 1 aliphatic rings. The zero-order valence-electron chi connectivity index (χ0n) is 9.29. The first-order valence-electron chi connectivity index (χ1n) is 5.24. The van der Waals surface area contributed by atoms with Gasteiger partial charge < -0.3 is 9.52 Å². The number of carbonyl (C=O) groups is 1. The van der Waals surface area contributed by atoms with Crippen LogP contribution in [0.25, 0.3) is 0 Å². The molecule has 1 N–H and O–H groups in total. The van der Waals surface area contributed by atoms with Gasteiger partial charge in [0.15, 0.2) is 0 Å². The van der Waals surface area contributed by atoms with E-state index in [9.17, 15) is 13.2 Å². The SMILES string of the molecule is CC1CCN(S(=O)(=O)c2ccc(C(=O)O)o2)C1. The Labute approximate surface area is 98.9 Å². The van der Waals surface area contributed by atoms with Gasteiger partial charge in [0.1, 0.15) is 0 Å². The number of furan rings is 1. The van der Waals surface area contributed by atoms with Gasteiger partial charge in [-0.3, -0.25) is 0 Å². The first kappa shape index (κ1) is 12.1. The van der Waals surface area contributed by atoms with Gasteiger partial charge in [-0.1, -0.05) is 6.92 Å². The van der Waals surface area contributed by atoms with Crippen LogP contribution in [0, 0.1) is 5.92 Å². The standard InChI is InChI=1S/C10H13NO5S/c1-7-4-5-11(6-7)17(14,15)9-3-2-8(16-9)10(12)13/h2-3,7H,4-6H2,1H3,(H,12,13). The van der Waals surface area contributed by atoms with Crippen molar-refractivity contribution in [2.45, 2.75) is 18.4 Å². The topological polar surface area (TPSA) is 87.8 Å². The second kappa shape index (κ2) is 4.15. The minimum atomic E-state index is -3.68. The lowest BCUT2D eigenvalue weighted by molar-refractivity contribution is 0.0656. The first-order chi connectivity index (χ1) is 7.91. The smallest absolute Gasteiger partial charge is 0.371 e. The van der Waals surface area contributed by atoms with Crippen molar-refractivity contribution in [3.63, 3.8) is 0 Å². The fourth-order valence-electron chi connectivity index (χ4n) is 1.81. The fourth-order valence-corrected chi connectivity index (χ4v) is 3.30. The van der Waals surface area contributed by atoms with Crippen molar-refractivity contribution >= 4 is 16.0 Å². The molecule has 2 heterocycles. The molecule has 1 aliphatic heterocycles. The van der Waals surface area contributed by atoms with Gasteiger partial charge in [0, 0.05) is 13.1 Å². The van der Waals surface area contributed by atoms with Gasteiger partial charge in [0.25, 0.3) is 10.0 Å². The molecule has 0 spiro atoms. The Morgan fingerprint density at radius 3 is 2.71 bits per heavy atom. The van der Waals surface area contributed by atoms with E-state index in [0.717, 1.165) is 12.5 Å². The number of carboxylic acids is 1. The number of nitrogens with zero attached hydrogens (tertiary/aromatic N) is 1. The summed E-state index contributed by atoms with van der Waals surface area (Å²) < 4.78 is 30.3. The van der Waals surface area contributed by atoms with Gasteiger partial charge >= 0.3 is 5.97 Å². The third-order valence-electron chi connectivity index (χ3n) is 2.77. The molecule has 17 heavy (non-hydrogen) atoms. The van der Waals surface area contributed by atoms with Gasteiger partial charge in [-0.15, -0.1) is 0 Å². The van der Waals surface area contributed by atoms with Crippen molar-refractivity contribution in [3.05, 3.63) is 17.9 Å². The molecule has 0 radical (unpaired) electrons. The number of hydrogen-bond donors (Lipinski definition) is 1. The number of sulfonamides is 1. The average molecular weight is 259 g/mol. The van der Waals surface area contributed by atoms with Crippen molar-refractivity contribution in [2.75, 3.05) is 13.1 Å². The lowest BCUT2D eigenvalue weighted by Crippen LogP contribution is -2.28. The van der Waals surface area contributed by atoms with E-state index in [-0.39, 0.29) is 10.9 Å². The molecular formula is C10H13NO5S. The van der Waals surface area contributed by atoms with Gasteiger partial charge in [-0.05, 0) is 24.5 Å². The monoisotopic (exact) mass is 259 g/mol. The second-order valence-corrected chi connectivity index (χ2v) is 6.05. The lowest BCUT2D eigenvalue weighted by atomic mass is 10.2. The molecule has 94 valence electrons. The molecule has 6 nitrogen and oxygen atoms in total. The highest BCUT2D eigenvalue weighted by atomic mass is 32.2. The predicted octanol–water partition coefficient (Wildman–Crippen LogP) is 1.01. The van der Waals surface area contributed by atoms with Crippen LogP contribution in [-0.4, -0.2) is 36.9 Å². The van der Waals surface area contributed by atoms with Crippen LogP contribution in [0.1, 0.15) is 23.9 Å². The quantitative estimate of drug-likeness (QED) is 0.875. The molecule has 1 saturated heterocycles. The summed E-state index contributed by atoms with van der Waals surface area (Å²) >= 11 is 0. The molecule has 7 heteroatoms. The average Bonchev–Trinajstić information content (AvgIpc) is 2.85. The predicted molar refractivity (Wildman–Crippen MR) is 58.2 cm³/mol. The van der Waals surface area contributed by atoms with E-state index in [2.05, 4.69) is 0 Å². The lowest BCUT2D eigenvalue weighted by Gasteiger charge is -2.13. The van der Waals surface area contributed by atoms with Gasteiger partial charge in [-0.25, -0.2) is 13.2 Å². The maximum atomic E-state index is 12.1. The van der Waals surface area contributed by atoms with Crippen LogP contribution in [0.3, 0.4) is 0 Å². The maximum absolute atomic E-state index is 12.1. The van der Waals surface area contributed by atoms with Crippen LogP contribution >= 0.6 is 0 Å². The summed E-state index contributed by atoms with van der Waals surface area (Å²) in [5.41, 5.74) is 0. The minimum absolute atomic E-state index is 0.302. The largest absolute Gasteiger partial charge is 0.475 e. The van der Waals surface area contributed by atoms with Crippen LogP contribution in [0.4, 0.5) is 0 Å². The summed E-state index contributed by atoms with van der Waals surface area (Å²) in [7, 11) is -3.68. The Morgan fingerprint density at radius 2 is 2.24 bits per heavy atom. The fraction of sp³-hybridized carbons (Fsp3) is 0.500. The van der Waals surface area contributed by atoms with Crippen LogP contribution in [0.5, 0.6) is 0 Å². The summed E-state index contributed by atoms with van der Waals surface area (Å²) in [6.45, 7) is 2.87. The summed E-state index contributed by atoms with van der Waals surface area (Å²) in [5.74, 6) is -1.32. The highest BCUT2D eigenvalue weighted by molar-refractivity contribution is 7.89. The zero-order valence-corrected chi connectivity index (χ0v) is 10.1. The first-order valence-corrected chi connectivity index (χ1v) is 6.68. The molecule has 0 bridgehead atoms. The maximum Gasteiger partial charge on any atom is 0.371 e. The van der Waals surface area contributed by atoms with E-state index in [4.69, 9.17) is 9.52 Å². The van der Waals surface area contributed by atoms with Crippen molar-refractivity contribution in [2.24, 2.45) is 5.92 Å². The molecule has 0 amide bonds. The Balaban J connectivity index is 2.28. The molecular weight excluding hydrogens is 246 g/mol. The van der Waals surface area contributed by atoms with E-state index >= 15 is 0 Å². The molecule has 1 fully saturated rings. The van der Waals surface area contributed by atoms with Crippen LogP contribution in [0.2, 0.25) is 0 Å². The van der Waals surface area contributed by atoms with Gasteiger partial charge in [0.2, 0.25) is 10.9 Å². The molecule has 1 atom stereocenters. The van der Waals surface area contributed by atoms with E-state index in [0.29, 0.717) is 19.0 Å². The molecule has 2 rings (SSSR count). The van der Waals surface area contributed by atoms with E-state index in [1.807, 2.05) is 6.92 Å². The third-order valence-corrected chi connectivity index (χ3v) is 4.51. The van der Waals surface area contributed by atoms with E-state index in [1.165, 1.54) is 10.4 Å². The molecule has 0 aliphatic carbocycles. The van der Waals surface area contributed by atoms with Crippen molar-refractivity contribution in [1.82, 2.24) is 4.31 Å². The van der Waals surface area contributed by atoms with Crippen LogP contribution in [-0.2, 0) is 10.0 Å². The Hall–Kier alpha value is -1.34. The molecule has 1 aromatic heterocycles. The Morgan fingerprint density at radius 1 is 1.53 bits per heavy atom. The minimum Gasteiger partial charge on any atom is -0.475 e. The van der Waals surface area contributed by atoms with Crippen molar-refractivity contribution < 1.29 is 22.7 Å². The number of rotatable bonds is 3. The molecule has 0 aromatic carbocycles. The third kappa shape index (κ3) is 2.20. The highest BCUT2D eigenvalue weighted by Gasteiger charge is 2.33. The molecule has 1 aromatic rings. The normalized spacial score (nSPS) is 21.8.